The Morgan fingerprint density at radius 3 is 2.52 bits per heavy atom. The van der Waals surface area contributed by atoms with E-state index in [1.165, 1.54) is 20.3 Å². The van der Waals surface area contributed by atoms with Crippen molar-refractivity contribution in [2.75, 3.05) is 20.8 Å². The third kappa shape index (κ3) is 4.91. The Bertz CT molecular complexity index is 785. The van der Waals surface area contributed by atoms with Crippen LogP contribution in [0.3, 0.4) is 0 Å². The van der Waals surface area contributed by atoms with E-state index in [9.17, 15) is 9.59 Å². The Morgan fingerprint density at radius 1 is 1.12 bits per heavy atom. The van der Waals surface area contributed by atoms with E-state index in [1.807, 2.05) is 13.0 Å². The molecule has 0 bridgehead atoms. The number of hydrogen-bond acceptors (Lipinski definition) is 5. The van der Waals surface area contributed by atoms with E-state index in [0.717, 1.165) is 11.1 Å². The highest BCUT2D eigenvalue weighted by Gasteiger charge is 2.11. The number of nitrogens with one attached hydrogen (secondary N) is 1. The minimum atomic E-state index is -0.338. The second-order valence-electron chi connectivity index (χ2n) is 5.28. The first-order valence-electron chi connectivity index (χ1n) is 7.67. The van der Waals surface area contributed by atoms with Crippen molar-refractivity contribution in [1.29, 1.82) is 0 Å². The summed E-state index contributed by atoms with van der Waals surface area (Å²) in [5.41, 5.74) is 2.05. The van der Waals surface area contributed by atoms with Gasteiger partial charge in [-0.15, -0.1) is 0 Å². The number of allylic oxidation sites excluding steroid dienone is 1. The molecule has 0 atom stereocenters. The minimum Gasteiger partial charge on any atom is -0.493 e. The summed E-state index contributed by atoms with van der Waals surface area (Å²) in [6, 6.07) is 8.53. The zero-order chi connectivity index (χ0) is 18.2. The van der Waals surface area contributed by atoms with Crippen LogP contribution in [-0.4, -0.2) is 37.4 Å². The lowest BCUT2D eigenvalue weighted by atomic mass is 10.1. The summed E-state index contributed by atoms with van der Waals surface area (Å²) in [5, 5.41) is 2.59. The summed E-state index contributed by atoms with van der Waals surface area (Å²) >= 11 is 0. The molecule has 1 amide bonds. The molecular formula is C19H20N2O4. The van der Waals surface area contributed by atoms with E-state index in [1.54, 1.807) is 36.7 Å². The van der Waals surface area contributed by atoms with Gasteiger partial charge in [0.15, 0.2) is 17.3 Å². The van der Waals surface area contributed by atoms with Crippen LogP contribution in [0.4, 0.5) is 0 Å². The summed E-state index contributed by atoms with van der Waals surface area (Å²) < 4.78 is 10.3. The van der Waals surface area contributed by atoms with Gasteiger partial charge >= 0.3 is 0 Å². The van der Waals surface area contributed by atoms with Gasteiger partial charge in [-0.05, 0) is 42.3 Å². The number of ketones is 1. The highest BCUT2D eigenvalue weighted by molar-refractivity contribution is 6.02. The van der Waals surface area contributed by atoms with Crippen molar-refractivity contribution < 1.29 is 19.1 Å². The van der Waals surface area contributed by atoms with Gasteiger partial charge in [-0.3, -0.25) is 14.6 Å². The number of pyridine rings is 1. The molecule has 0 radical (unpaired) electrons. The molecule has 2 aromatic rings. The number of rotatable bonds is 7. The molecule has 0 unspecified atom stereocenters. The van der Waals surface area contributed by atoms with E-state index in [0.29, 0.717) is 17.1 Å². The van der Waals surface area contributed by atoms with Crippen molar-refractivity contribution in [3.8, 4) is 11.5 Å². The molecule has 1 aromatic heterocycles. The molecule has 6 heteroatoms. The molecule has 1 N–H and O–H groups in total. The second kappa shape index (κ2) is 8.63. The van der Waals surface area contributed by atoms with Gasteiger partial charge in [0.2, 0.25) is 5.91 Å². The Hall–Kier alpha value is -3.15. The van der Waals surface area contributed by atoms with Gasteiger partial charge in [0, 0.05) is 24.0 Å². The third-order valence-electron chi connectivity index (χ3n) is 3.59. The molecule has 25 heavy (non-hydrogen) atoms. The standard InChI is InChI=1S/C19H20N2O4/c1-13(15-5-4-8-20-11-15)9-19(23)21-12-16(22)14-6-7-17(24-2)18(10-14)25-3/h4-11H,12H2,1-3H3,(H,21,23). The van der Waals surface area contributed by atoms with E-state index >= 15 is 0 Å². The van der Waals surface area contributed by atoms with Crippen LogP contribution in [0, 0.1) is 0 Å². The summed E-state index contributed by atoms with van der Waals surface area (Å²) in [4.78, 5) is 28.2. The number of aromatic nitrogens is 1. The van der Waals surface area contributed by atoms with Crippen LogP contribution in [0.15, 0.2) is 48.8 Å². The maximum absolute atomic E-state index is 12.2. The molecular weight excluding hydrogens is 320 g/mol. The van der Waals surface area contributed by atoms with Crippen LogP contribution in [-0.2, 0) is 4.79 Å². The van der Waals surface area contributed by atoms with Crippen LogP contribution < -0.4 is 14.8 Å². The summed E-state index contributed by atoms with van der Waals surface area (Å²) in [6.07, 6.45) is 4.78. The Balaban J connectivity index is 1.99. The SMILES string of the molecule is COc1ccc(C(=O)CNC(=O)C=C(C)c2cccnc2)cc1OC. The largest absolute Gasteiger partial charge is 0.493 e. The quantitative estimate of drug-likeness (QED) is 0.619. The minimum absolute atomic E-state index is 0.106. The van der Waals surface area contributed by atoms with Crippen molar-refractivity contribution in [3.63, 3.8) is 0 Å². The fourth-order valence-electron chi connectivity index (χ4n) is 2.21. The first-order chi connectivity index (χ1) is 12.0. The summed E-state index contributed by atoms with van der Waals surface area (Å²) in [6.45, 7) is 1.71. The molecule has 0 aliphatic carbocycles. The predicted octanol–water partition coefficient (Wildman–Crippen LogP) is 2.50. The van der Waals surface area contributed by atoms with Crippen LogP contribution in [0.1, 0.15) is 22.8 Å². The first kappa shape index (κ1) is 18.2. The van der Waals surface area contributed by atoms with Gasteiger partial charge in [0.05, 0.1) is 20.8 Å². The molecule has 2 rings (SSSR count). The van der Waals surface area contributed by atoms with Crippen molar-refractivity contribution >= 4 is 17.3 Å². The highest BCUT2D eigenvalue weighted by atomic mass is 16.5. The Labute approximate surface area is 146 Å². The maximum atomic E-state index is 12.2. The van der Waals surface area contributed by atoms with E-state index in [-0.39, 0.29) is 18.2 Å². The monoisotopic (exact) mass is 340 g/mol. The Kier molecular flexibility index (Phi) is 6.28. The fraction of sp³-hybridized carbons (Fsp3) is 0.211. The number of hydrogen-bond donors (Lipinski definition) is 1. The predicted molar refractivity (Wildman–Crippen MR) is 94.8 cm³/mol. The molecule has 0 aliphatic rings. The van der Waals surface area contributed by atoms with Gasteiger partial charge in [0.1, 0.15) is 0 Å². The lowest BCUT2D eigenvalue weighted by Gasteiger charge is -2.09. The molecule has 6 nitrogen and oxygen atoms in total. The van der Waals surface area contributed by atoms with Gasteiger partial charge in [0.25, 0.3) is 0 Å². The lowest BCUT2D eigenvalue weighted by Crippen LogP contribution is -2.28. The molecule has 0 saturated heterocycles. The number of amides is 1. The Morgan fingerprint density at radius 2 is 1.88 bits per heavy atom. The third-order valence-corrected chi connectivity index (χ3v) is 3.59. The van der Waals surface area contributed by atoms with E-state index in [2.05, 4.69) is 10.3 Å². The first-order valence-corrected chi connectivity index (χ1v) is 7.67. The number of nitrogens with zero attached hydrogens (tertiary/aromatic N) is 1. The number of benzene rings is 1. The number of Topliss-reactive ketones (excluding diaryl/α,β-unsaturated/α-hetero) is 1. The van der Waals surface area contributed by atoms with Crippen LogP contribution in [0.2, 0.25) is 0 Å². The molecule has 0 spiro atoms. The highest BCUT2D eigenvalue weighted by Crippen LogP contribution is 2.27. The van der Waals surface area contributed by atoms with E-state index < -0.39 is 0 Å². The normalized spacial score (nSPS) is 10.9. The number of carbonyl (C=O) groups excluding carboxylic acids is 2. The smallest absolute Gasteiger partial charge is 0.244 e. The molecule has 130 valence electrons. The molecule has 0 fully saturated rings. The number of ether oxygens (including phenoxy) is 2. The van der Waals surface area contributed by atoms with Gasteiger partial charge in [-0.25, -0.2) is 0 Å². The zero-order valence-corrected chi connectivity index (χ0v) is 14.4. The van der Waals surface area contributed by atoms with Crippen molar-refractivity contribution in [2.24, 2.45) is 0 Å². The summed E-state index contributed by atoms with van der Waals surface area (Å²) in [7, 11) is 3.02. The lowest BCUT2D eigenvalue weighted by molar-refractivity contribution is -0.116. The van der Waals surface area contributed by atoms with Gasteiger partial charge in [-0.1, -0.05) is 6.07 Å². The van der Waals surface area contributed by atoms with E-state index in [4.69, 9.17) is 9.47 Å². The molecule has 0 saturated carbocycles. The van der Waals surface area contributed by atoms with Gasteiger partial charge < -0.3 is 14.8 Å². The topological polar surface area (TPSA) is 77.5 Å². The van der Waals surface area contributed by atoms with Crippen LogP contribution in [0.25, 0.3) is 5.57 Å². The zero-order valence-electron chi connectivity index (χ0n) is 14.4. The van der Waals surface area contributed by atoms with Crippen molar-refractivity contribution in [1.82, 2.24) is 10.3 Å². The molecule has 1 heterocycles. The summed E-state index contributed by atoms with van der Waals surface area (Å²) in [5.74, 6) is 0.446. The molecule has 0 aliphatic heterocycles. The van der Waals surface area contributed by atoms with Crippen LogP contribution >= 0.6 is 0 Å². The number of carbonyl (C=O) groups is 2. The van der Waals surface area contributed by atoms with Crippen molar-refractivity contribution in [3.05, 3.63) is 59.9 Å². The fourth-order valence-corrected chi connectivity index (χ4v) is 2.21. The average Bonchev–Trinajstić information content (AvgIpc) is 2.66. The maximum Gasteiger partial charge on any atom is 0.244 e. The number of methoxy groups -OCH3 is 2. The molecule has 1 aromatic carbocycles. The van der Waals surface area contributed by atoms with Crippen molar-refractivity contribution in [2.45, 2.75) is 6.92 Å². The van der Waals surface area contributed by atoms with Crippen LogP contribution in [0.5, 0.6) is 11.5 Å². The average molecular weight is 340 g/mol. The van der Waals surface area contributed by atoms with Gasteiger partial charge in [-0.2, -0.15) is 0 Å². The second-order valence-corrected chi connectivity index (χ2v) is 5.28.